The van der Waals surface area contributed by atoms with Gasteiger partial charge in [-0.1, -0.05) is 87.3 Å². The third-order valence-corrected chi connectivity index (χ3v) is 10.4. The van der Waals surface area contributed by atoms with Crippen molar-refractivity contribution in [3.05, 3.63) is 40.5 Å². The summed E-state index contributed by atoms with van der Waals surface area (Å²) in [4.78, 5) is 30.2. The second-order valence-electron chi connectivity index (χ2n) is 15.7. The molecule has 0 amide bonds. The van der Waals surface area contributed by atoms with E-state index in [9.17, 15) is 4.79 Å². The minimum absolute atomic E-state index is 0.113. The lowest BCUT2D eigenvalue weighted by Crippen LogP contribution is -2.39. The van der Waals surface area contributed by atoms with Crippen molar-refractivity contribution in [2.24, 2.45) is 39.2 Å². The number of nitrogens with two attached hydrogens (primary N) is 1. The molecule has 43 heavy (non-hydrogen) atoms. The average Bonchev–Trinajstić information content (AvgIpc) is 2.86. The van der Waals surface area contributed by atoms with Crippen LogP contribution in [0, 0.1) is 38.9 Å². The van der Waals surface area contributed by atoms with Crippen LogP contribution in [-0.4, -0.2) is 33.2 Å². The monoisotopic (exact) mass is 594 g/mol. The zero-order valence-electron chi connectivity index (χ0n) is 28.9. The van der Waals surface area contributed by atoms with Gasteiger partial charge in [-0.3, -0.25) is 15.0 Å². The summed E-state index contributed by atoms with van der Waals surface area (Å²) < 4.78 is 0. The molecule has 1 aromatic rings. The van der Waals surface area contributed by atoms with E-state index in [1.165, 1.54) is 40.8 Å². The van der Waals surface area contributed by atoms with Crippen molar-refractivity contribution in [3.8, 4) is 0 Å². The fourth-order valence-electron chi connectivity index (χ4n) is 7.72. The van der Waals surface area contributed by atoms with E-state index in [0.29, 0.717) is 23.5 Å². The second-order valence-corrected chi connectivity index (χ2v) is 15.7. The molecule has 0 radical (unpaired) electrons. The van der Waals surface area contributed by atoms with Crippen LogP contribution in [0.3, 0.4) is 0 Å². The van der Waals surface area contributed by atoms with E-state index >= 15 is 0 Å². The zero-order valence-corrected chi connectivity index (χ0v) is 28.9. The van der Waals surface area contributed by atoms with Gasteiger partial charge in [-0.05, 0) is 82.7 Å². The molecule has 7 heteroatoms. The molecule has 3 unspecified atom stereocenters. The standard InChI is InChI=1S/C18H26N2.C15H24O.C2H4O2.CH4N2/c1-11-7-14-15(16-13(11)9-19-10-20-16)17(3,4)8-12(2)18(14,5)6;1-10-8-11-13(12(16)9-10)15(4,5)7-6-14(11,2)3;1-2(3)4;2-1-3/h9-12H,7-8H2,1-6H3;10H,6-9H2,1-5H3;1H3,(H,3,4);1H,(H3,2,3). The minimum atomic E-state index is -0.833. The Labute approximate surface area is 260 Å². The highest BCUT2D eigenvalue weighted by atomic mass is 16.4. The molecular weight excluding hydrogens is 536 g/mol. The van der Waals surface area contributed by atoms with Crippen molar-refractivity contribution in [2.45, 2.75) is 128 Å². The summed E-state index contributed by atoms with van der Waals surface area (Å²) in [7, 11) is 0. The van der Waals surface area contributed by atoms with Crippen molar-refractivity contribution < 1.29 is 14.7 Å². The molecule has 0 aliphatic heterocycles. The molecule has 0 aromatic carbocycles. The van der Waals surface area contributed by atoms with Crippen LogP contribution < -0.4 is 5.73 Å². The predicted molar refractivity (Wildman–Crippen MR) is 177 cm³/mol. The summed E-state index contributed by atoms with van der Waals surface area (Å²) in [6, 6.07) is 0. The Morgan fingerprint density at radius 3 is 2.02 bits per heavy atom. The van der Waals surface area contributed by atoms with Crippen molar-refractivity contribution >= 4 is 23.7 Å². The molecule has 5 rings (SSSR count). The summed E-state index contributed by atoms with van der Waals surface area (Å²) in [5, 5.41) is 13.3. The largest absolute Gasteiger partial charge is 0.481 e. The van der Waals surface area contributed by atoms with E-state index in [1.807, 2.05) is 6.20 Å². The molecule has 1 aromatic heterocycles. The summed E-state index contributed by atoms with van der Waals surface area (Å²) in [5.74, 6) is 1.38. The lowest BCUT2D eigenvalue weighted by atomic mass is 9.54. The molecule has 0 fully saturated rings. The number of aromatic nitrogens is 2. The maximum absolute atomic E-state index is 12.3. The molecule has 0 saturated heterocycles. The van der Waals surface area contributed by atoms with Gasteiger partial charge in [0.2, 0.25) is 0 Å². The topological polar surface area (TPSA) is 130 Å². The molecule has 4 N–H and O–H groups in total. The van der Waals surface area contributed by atoms with Gasteiger partial charge in [0.25, 0.3) is 5.97 Å². The van der Waals surface area contributed by atoms with E-state index in [1.54, 1.807) is 11.9 Å². The van der Waals surface area contributed by atoms with E-state index < -0.39 is 5.97 Å². The number of carbonyl (C=O) groups excluding carboxylic acids is 1. The SMILES string of the molecule is CC(=O)O.CC1CC(=O)C2=C(C1)C(C)(C)CCC2(C)C.CC1CC2=C(c3ncncc31)C(C)(C)CC(C)C2(C)C.N=CN. The van der Waals surface area contributed by atoms with Gasteiger partial charge in [-0.25, -0.2) is 9.97 Å². The Morgan fingerprint density at radius 1 is 0.930 bits per heavy atom. The van der Waals surface area contributed by atoms with Crippen LogP contribution in [0.5, 0.6) is 0 Å². The first-order valence-corrected chi connectivity index (χ1v) is 15.9. The van der Waals surface area contributed by atoms with Crippen molar-refractivity contribution in [2.75, 3.05) is 0 Å². The number of rotatable bonds is 0. The van der Waals surface area contributed by atoms with Crippen LogP contribution in [0.2, 0.25) is 0 Å². The Kier molecular flexibility index (Phi) is 11.4. The van der Waals surface area contributed by atoms with E-state index in [0.717, 1.165) is 38.9 Å². The number of hydrogen-bond donors (Lipinski definition) is 3. The minimum Gasteiger partial charge on any atom is -0.481 e. The number of fused-ring (bicyclic) bond motifs is 2. The molecule has 0 bridgehead atoms. The number of Topliss-reactive ketones (excluding diaryl/α,β-unsaturated/α-hetero) is 1. The number of aliphatic carboxylic acids is 1. The number of hydrogen-bond acceptors (Lipinski definition) is 5. The van der Waals surface area contributed by atoms with Gasteiger partial charge >= 0.3 is 0 Å². The Hall–Kier alpha value is -2.83. The summed E-state index contributed by atoms with van der Waals surface area (Å²) in [6.45, 7) is 26.7. The Bertz CT molecular complexity index is 1260. The van der Waals surface area contributed by atoms with Crippen LogP contribution in [0.15, 0.2) is 29.2 Å². The molecule has 1 heterocycles. The van der Waals surface area contributed by atoms with E-state index in [-0.39, 0.29) is 21.7 Å². The zero-order chi connectivity index (χ0) is 33.1. The van der Waals surface area contributed by atoms with Crippen LogP contribution in [0.1, 0.15) is 139 Å². The molecular formula is C36H58N4O3. The smallest absolute Gasteiger partial charge is 0.300 e. The van der Waals surface area contributed by atoms with Crippen molar-refractivity contribution in [3.63, 3.8) is 0 Å². The Morgan fingerprint density at radius 2 is 1.47 bits per heavy atom. The van der Waals surface area contributed by atoms with Crippen molar-refractivity contribution in [1.29, 1.82) is 5.41 Å². The van der Waals surface area contributed by atoms with Crippen LogP contribution in [-0.2, 0) is 9.59 Å². The molecule has 3 atom stereocenters. The Balaban J connectivity index is 0.000000251. The number of ketones is 1. The highest BCUT2D eigenvalue weighted by Gasteiger charge is 2.47. The number of nitrogens with zero attached hydrogens (tertiary/aromatic N) is 2. The van der Waals surface area contributed by atoms with Gasteiger partial charge in [0, 0.05) is 25.1 Å². The van der Waals surface area contributed by atoms with Gasteiger partial charge in [0.15, 0.2) is 5.78 Å². The first kappa shape index (κ1) is 36.4. The lowest BCUT2D eigenvalue weighted by Gasteiger charge is -2.50. The number of carbonyl (C=O) groups is 2. The average molecular weight is 595 g/mol. The van der Waals surface area contributed by atoms with Gasteiger partial charge < -0.3 is 10.8 Å². The number of carboxylic acid groups (broad SMARTS) is 1. The fourth-order valence-corrected chi connectivity index (χ4v) is 7.72. The summed E-state index contributed by atoms with van der Waals surface area (Å²) in [6.07, 6.45) is 11.2. The highest BCUT2D eigenvalue weighted by molar-refractivity contribution is 5.98. The molecule has 240 valence electrons. The molecule has 7 nitrogen and oxygen atoms in total. The summed E-state index contributed by atoms with van der Waals surface area (Å²) in [5.41, 5.74) is 13.6. The second kappa shape index (κ2) is 13.4. The van der Waals surface area contributed by atoms with Crippen LogP contribution >= 0.6 is 0 Å². The van der Waals surface area contributed by atoms with Crippen LogP contribution in [0.4, 0.5) is 0 Å². The van der Waals surface area contributed by atoms with Crippen LogP contribution in [0.25, 0.3) is 5.57 Å². The van der Waals surface area contributed by atoms with E-state index in [2.05, 4.69) is 91.9 Å². The number of carboxylic acids is 1. The normalized spacial score (nSPS) is 27.3. The molecule has 0 saturated carbocycles. The number of allylic oxidation sites excluding steroid dienone is 4. The lowest BCUT2D eigenvalue weighted by molar-refractivity contribution is -0.134. The third-order valence-electron chi connectivity index (χ3n) is 10.4. The molecule has 0 spiro atoms. The summed E-state index contributed by atoms with van der Waals surface area (Å²) >= 11 is 0. The van der Waals surface area contributed by atoms with Crippen molar-refractivity contribution in [1.82, 2.24) is 9.97 Å². The van der Waals surface area contributed by atoms with E-state index in [4.69, 9.17) is 15.3 Å². The van der Waals surface area contributed by atoms with Gasteiger partial charge in [-0.15, -0.1) is 0 Å². The first-order chi connectivity index (χ1) is 19.6. The maximum Gasteiger partial charge on any atom is 0.300 e. The quantitative estimate of drug-likeness (QED) is 0.204. The molecule has 4 aliphatic carbocycles. The molecule has 4 aliphatic rings. The number of nitrogens with one attached hydrogen (secondary N) is 1. The van der Waals surface area contributed by atoms with Gasteiger partial charge in [-0.2, -0.15) is 0 Å². The van der Waals surface area contributed by atoms with Gasteiger partial charge in [0.1, 0.15) is 6.33 Å². The van der Waals surface area contributed by atoms with Gasteiger partial charge in [0.05, 0.1) is 12.0 Å². The third kappa shape index (κ3) is 8.02. The fraction of sp³-hybridized carbons (Fsp3) is 0.694. The predicted octanol–water partition coefficient (Wildman–Crippen LogP) is 8.60. The highest BCUT2D eigenvalue weighted by Crippen LogP contribution is 2.59. The maximum atomic E-state index is 12.3. The first-order valence-electron chi connectivity index (χ1n) is 15.9.